The number of aliphatic carboxylic acids is 2. The Labute approximate surface area is 219 Å². The fraction of sp³-hybridized carbons (Fsp3) is 0.808. The monoisotopic (exact) mass is 524 g/mol. The average molecular weight is 525 g/mol. The number of carboxylic acids is 2. The number of hydrogen-bond acceptors (Lipinski definition) is 6. The smallest absolute Gasteiger partial charge is 0.326 e. The predicted octanol–water partition coefficient (Wildman–Crippen LogP) is 1.60. The Morgan fingerprint density at radius 2 is 1.65 bits per heavy atom. The molecule has 1 saturated heterocycles. The molecular weight excluding hydrogens is 480 g/mol. The first-order chi connectivity index (χ1) is 17.6. The maximum Gasteiger partial charge on any atom is 0.326 e. The number of nitrogens with one attached hydrogen (secondary N) is 2. The quantitative estimate of drug-likeness (QED) is 0.267. The minimum absolute atomic E-state index is 0.156. The summed E-state index contributed by atoms with van der Waals surface area (Å²) in [5.41, 5.74) is 0. The first-order valence-electron chi connectivity index (χ1n) is 13.7. The van der Waals surface area contributed by atoms with Crippen molar-refractivity contribution in [3.8, 4) is 0 Å². The van der Waals surface area contributed by atoms with Gasteiger partial charge in [0.05, 0.1) is 13.0 Å². The van der Waals surface area contributed by atoms with Crippen LogP contribution in [0.3, 0.4) is 0 Å². The summed E-state index contributed by atoms with van der Waals surface area (Å²) in [4.78, 5) is 64.9. The van der Waals surface area contributed by atoms with Gasteiger partial charge in [-0.3, -0.25) is 19.2 Å². The molecule has 0 unspecified atom stereocenters. The third-order valence-electron chi connectivity index (χ3n) is 7.54. The van der Waals surface area contributed by atoms with E-state index in [2.05, 4.69) is 10.6 Å². The van der Waals surface area contributed by atoms with Gasteiger partial charge in [-0.05, 0) is 71.4 Å². The molecule has 210 valence electrons. The molecule has 2 atom stereocenters. The highest BCUT2D eigenvalue weighted by Crippen LogP contribution is 2.25. The summed E-state index contributed by atoms with van der Waals surface area (Å²) < 4.78 is 0. The molecule has 2 fully saturated rings. The highest BCUT2D eigenvalue weighted by molar-refractivity contribution is 5.94. The number of carboxylic acid groups (broad SMARTS) is 2. The third kappa shape index (κ3) is 9.94. The van der Waals surface area contributed by atoms with Crippen molar-refractivity contribution >= 4 is 29.7 Å². The van der Waals surface area contributed by atoms with Gasteiger partial charge in [-0.25, -0.2) is 4.79 Å². The Hall–Kier alpha value is -2.69. The van der Waals surface area contributed by atoms with E-state index in [0.29, 0.717) is 31.7 Å². The van der Waals surface area contributed by atoms with Crippen LogP contribution in [0, 0.1) is 5.92 Å². The SMILES string of the molecule is CCN(CC(=O)N[C@@H](CC(=O)O)C(=O)N(C1CCCCC1)[C@@H](C)C(=O)O)C(=O)CCCC1CCNCC1. The Morgan fingerprint density at radius 3 is 2.22 bits per heavy atom. The highest BCUT2D eigenvalue weighted by Gasteiger charge is 2.38. The van der Waals surface area contributed by atoms with Crippen molar-refractivity contribution in [3.63, 3.8) is 0 Å². The van der Waals surface area contributed by atoms with E-state index in [1.165, 1.54) is 16.7 Å². The van der Waals surface area contributed by atoms with Gasteiger partial charge in [0.1, 0.15) is 12.1 Å². The fourth-order valence-electron chi connectivity index (χ4n) is 5.38. The number of carbonyl (C=O) groups is 5. The molecule has 2 aliphatic rings. The van der Waals surface area contributed by atoms with Crippen LogP contribution in [0.4, 0.5) is 0 Å². The molecule has 0 aromatic heterocycles. The van der Waals surface area contributed by atoms with Crippen molar-refractivity contribution < 1.29 is 34.2 Å². The minimum atomic E-state index is -1.41. The van der Waals surface area contributed by atoms with Gasteiger partial charge < -0.3 is 30.6 Å². The Balaban J connectivity index is 2.01. The molecular formula is C26H44N4O7. The maximum atomic E-state index is 13.4. The van der Waals surface area contributed by atoms with Crippen LogP contribution < -0.4 is 10.6 Å². The lowest BCUT2D eigenvalue weighted by Gasteiger charge is -2.39. The number of nitrogens with zero attached hydrogens (tertiary/aromatic N) is 2. The third-order valence-corrected chi connectivity index (χ3v) is 7.54. The first kappa shape index (κ1) is 30.5. The van der Waals surface area contributed by atoms with Gasteiger partial charge in [0, 0.05) is 19.0 Å². The molecule has 0 aromatic rings. The summed E-state index contributed by atoms with van der Waals surface area (Å²) in [5, 5.41) is 24.8. The Morgan fingerprint density at radius 1 is 1.00 bits per heavy atom. The van der Waals surface area contributed by atoms with Gasteiger partial charge in [0.2, 0.25) is 17.7 Å². The highest BCUT2D eigenvalue weighted by atomic mass is 16.4. The topological polar surface area (TPSA) is 156 Å². The molecule has 11 nitrogen and oxygen atoms in total. The lowest BCUT2D eigenvalue weighted by atomic mass is 9.92. The zero-order valence-electron chi connectivity index (χ0n) is 22.2. The molecule has 4 N–H and O–H groups in total. The van der Waals surface area contributed by atoms with Crippen molar-refractivity contribution in [3.05, 3.63) is 0 Å². The molecule has 1 saturated carbocycles. The van der Waals surface area contributed by atoms with E-state index in [9.17, 15) is 34.2 Å². The van der Waals surface area contributed by atoms with Crippen molar-refractivity contribution in [1.82, 2.24) is 20.4 Å². The number of amides is 3. The number of likely N-dealkylation sites (N-methyl/N-ethyl adjacent to an activating group) is 1. The van der Waals surface area contributed by atoms with Gasteiger partial charge in [-0.2, -0.15) is 0 Å². The van der Waals surface area contributed by atoms with E-state index in [1.54, 1.807) is 6.92 Å². The molecule has 3 amide bonds. The van der Waals surface area contributed by atoms with E-state index >= 15 is 0 Å². The fourth-order valence-corrected chi connectivity index (χ4v) is 5.38. The van der Waals surface area contributed by atoms with Gasteiger partial charge in [-0.1, -0.05) is 19.3 Å². The summed E-state index contributed by atoms with van der Waals surface area (Å²) in [6.07, 6.45) is 7.52. The standard InChI is InChI=1S/C26H44N4O7/c1-3-29(23(32)11-7-8-19-12-14-27-15-13-19)17-22(31)28-21(16-24(33)34)25(35)30(18(2)26(36)37)20-9-5-4-6-10-20/h18-21,27H,3-17H2,1-2H3,(H,28,31)(H,33,34)(H,36,37)/t18-,21-/m0/s1. The van der Waals surface area contributed by atoms with Crippen LogP contribution >= 0.6 is 0 Å². The second-order valence-corrected chi connectivity index (χ2v) is 10.3. The lowest BCUT2D eigenvalue weighted by molar-refractivity contribution is -0.155. The van der Waals surface area contributed by atoms with Gasteiger partial charge >= 0.3 is 11.9 Å². The van der Waals surface area contributed by atoms with Crippen LogP contribution in [0.1, 0.15) is 84.5 Å². The first-order valence-corrected chi connectivity index (χ1v) is 13.7. The molecule has 1 heterocycles. The van der Waals surface area contributed by atoms with Crippen molar-refractivity contribution in [2.75, 3.05) is 26.2 Å². The number of hydrogen-bond donors (Lipinski definition) is 4. The summed E-state index contributed by atoms with van der Waals surface area (Å²) in [5.74, 6) is -3.38. The van der Waals surface area contributed by atoms with Crippen LogP contribution in [0.5, 0.6) is 0 Å². The van der Waals surface area contributed by atoms with Crippen molar-refractivity contribution in [2.24, 2.45) is 5.92 Å². The molecule has 0 radical (unpaired) electrons. The molecule has 0 aromatic carbocycles. The Kier molecular flexibility index (Phi) is 12.8. The van der Waals surface area contributed by atoms with Gasteiger partial charge in [0.15, 0.2) is 0 Å². The van der Waals surface area contributed by atoms with E-state index < -0.39 is 42.3 Å². The van der Waals surface area contributed by atoms with Crippen LogP contribution in [-0.2, 0) is 24.0 Å². The maximum absolute atomic E-state index is 13.4. The van der Waals surface area contributed by atoms with Crippen molar-refractivity contribution in [2.45, 2.75) is 103 Å². The van der Waals surface area contributed by atoms with Crippen LogP contribution in [0.25, 0.3) is 0 Å². The molecule has 37 heavy (non-hydrogen) atoms. The van der Waals surface area contributed by atoms with Crippen LogP contribution in [-0.4, -0.2) is 94.0 Å². The second kappa shape index (κ2) is 15.5. The molecule has 0 bridgehead atoms. The average Bonchev–Trinajstić information content (AvgIpc) is 2.87. The van der Waals surface area contributed by atoms with Crippen LogP contribution in [0.15, 0.2) is 0 Å². The summed E-state index contributed by atoms with van der Waals surface area (Å²) in [7, 11) is 0. The predicted molar refractivity (Wildman–Crippen MR) is 137 cm³/mol. The zero-order valence-corrected chi connectivity index (χ0v) is 22.2. The number of piperidine rings is 1. The molecule has 0 spiro atoms. The largest absolute Gasteiger partial charge is 0.481 e. The number of carbonyl (C=O) groups excluding carboxylic acids is 3. The van der Waals surface area contributed by atoms with Crippen LogP contribution in [0.2, 0.25) is 0 Å². The molecule has 1 aliphatic carbocycles. The zero-order chi connectivity index (χ0) is 27.4. The number of rotatable bonds is 14. The van der Waals surface area contributed by atoms with Gasteiger partial charge in [-0.15, -0.1) is 0 Å². The molecule has 11 heteroatoms. The van der Waals surface area contributed by atoms with E-state index in [0.717, 1.165) is 58.0 Å². The van der Waals surface area contributed by atoms with E-state index in [1.807, 2.05) is 0 Å². The minimum Gasteiger partial charge on any atom is -0.481 e. The van der Waals surface area contributed by atoms with E-state index in [-0.39, 0.29) is 18.5 Å². The second-order valence-electron chi connectivity index (χ2n) is 10.3. The summed E-state index contributed by atoms with van der Waals surface area (Å²) in [6.45, 7) is 5.18. The van der Waals surface area contributed by atoms with Gasteiger partial charge in [0.25, 0.3) is 0 Å². The summed E-state index contributed by atoms with van der Waals surface area (Å²) >= 11 is 0. The Bertz CT molecular complexity index is 794. The summed E-state index contributed by atoms with van der Waals surface area (Å²) in [6, 6.07) is -2.89. The van der Waals surface area contributed by atoms with E-state index in [4.69, 9.17) is 0 Å². The molecule has 2 rings (SSSR count). The van der Waals surface area contributed by atoms with Crippen molar-refractivity contribution in [1.29, 1.82) is 0 Å². The molecule has 1 aliphatic heterocycles. The lowest BCUT2D eigenvalue weighted by Crippen LogP contribution is -2.58. The normalized spacial score (nSPS) is 18.4.